The van der Waals surface area contributed by atoms with Crippen molar-refractivity contribution in [2.45, 2.75) is 13.3 Å². The lowest BCUT2D eigenvalue weighted by atomic mass is 9.89. The van der Waals surface area contributed by atoms with Crippen LogP contribution in [0.2, 0.25) is 0 Å². The van der Waals surface area contributed by atoms with Crippen molar-refractivity contribution in [1.29, 1.82) is 0 Å². The molecule has 3 N–H and O–H groups in total. The Morgan fingerprint density at radius 3 is 2.72 bits per heavy atom. The van der Waals surface area contributed by atoms with Crippen LogP contribution >= 0.6 is 0 Å². The number of aromatic hydroxyl groups is 1. The summed E-state index contributed by atoms with van der Waals surface area (Å²) in [6.45, 7) is 2.61. The van der Waals surface area contributed by atoms with E-state index in [1.165, 1.54) is 12.1 Å². The highest BCUT2D eigenvalue weighted by molar-refractivity contribution is 5.95. The van der Waals surface area contributed by atoms with Gasteiger partial charge in [-0.15, -0.1) is 0 Å². The lowest BCUT2D eigenvalue weighted by molar-refractivity contribution is -0.126. The number of rotatable bonds is 2. The van der Waals surface area contributed by atoms with Gasteiger partial charge < -0.3 is 15.7 Å². The first kappa shape index (κ1) is 12.4. The minimum atomic E-state index is -0.646. The molecule has 96 valence electrons. The highest BCUT2D eigenvalue weighted by atomic mass is 16.3. The molecule has 5 heteroatoms. The van der Waals surface area contributed by atoms with Crippen LogP contribution in [0.25, 0.3) is 0 Å². The topological polar surface area (TPSA) is 83.6 Å². The number of nitrogens with two attached hydrogens (primary N) is 1. The standard InChI is InChI=1S/C13H16N2O3/c1-13(12(14)18)5-6-15(8-13)11(17)9-3-2-4-10(16)7-9/h2-4,7,16H,5-6,8H2,1H3,(H2,14,18). The van der Waals surface area contributed by atoms with Crippen molar-refractivity contribution >= 4 is 11.8 Å². The van der Waals surface area contributed by atoms with Crippen LogP contribution in [0.15, 0.2) is 24.3 Å². The number of amides is 2. The summed E-state index contributed by atoms with van der Waals surface area (Å²) >= 11 is 0. The normalized spacial score (nSPS) is 23.1. The maximum absolute atomic E-state index is 12.2. The number of hydrogen-bond acceptors (Lipinski definition) is 3. The number of hydrogen-bond donors (Lipinski definition) is 2. The number of phenols is 1. The van der Waals surface area contributed by atoms with Crippen molar-refractivity contribution in [3.8, 4) is 5.75 Å². The number of benzene rings is 1. The quantitative estimate of drug-likeness (QED) is 0.809. The van der Waals surface area contributed by atoms with E-state index >= 15 is 0 Å². The van der Waals surface area contributed by atoms with Gasteiger partial charge in [0.2, 0.25) is 5.91 Å². The second kappa shape index (κ2) is 4.33. The van der Waals surface area contributed by atoms with Crippen LogP contribution in [0.3, 0.4) is 0 Å². The van der Waals surface area contributed by atoms with Crippen molar-refractivity contribution < 1.29 is 14.7 Å². The predicted octanol–water partition coefficient (Wildman–Crippen LogP) is 0.730. The zero-order valence-electron chi connectivity index (χ0n) is 10.2. The third kappa shape index (κ3) is 2.16. The van der Waals surface area contributed by atoms with E-state index in [0.717, 1.165) is 0 Å². The van der Waals surface area contributed by atoms with Gasteiger partial charge in [-0.05, 0) is 31.5 Å². The molecule has 1 heterocycles. The molecule has 1 aliphatic rings. The maximum atomic E-state index is 12.2. The van der Waals surface area contributed by atoms with Crippen molar-refractivity contribution in [1.82, 2.24) is 4.90 Å². The first-order valence-corrected chi connectivity index (χ1v) is 5.81. The Bertz CT molecular complexity index is 501. The molecule has 1 atom stereocenters. The molecule has 0 radical (unpaired) electrons. The first-order chi connectivity index (χ1) is 8.42. The summed E-state index contributed by atoms with van der Waals surface area (Å²) in [6.07, 6.45) is 0.576. The van der Waals surface area contributed by atoms with Gasteiger partial charge >= 0.3 is 0 Å². The van der Waals surface area contributed by atoms with Crippen LogP contribution in [0, 0.1) is 5.41 Å². The summed E-state index contributed by atoms with van der Waals surface area (Å²) in [5, 5.41) is 9.35. The molecule has 0 bridgehead atoms. The van der Waals surface area contributed by atoms with Gasteiger partial charge in [0.15, 0.2) is 0 Å². The van der Waals surface area contributed by atoms with Gasteiger partial charge in [-0.25, -0.2) is 0 Å². The number of nitrogens with zero attached hydrogens (tertiary/aromatic N) is 1. The molecule has 1 unspecified atom stereocenters. The van der Waals surface area contributed by atoms with Crippen LogP contribution < -0.4 is 5.73 Å². The second-order valence-corrected chi connectivity index (χ2v) is 4.95. The largest absolute Gasteiger partial charge is 0.508 e. The number of carbonyl (C=O) groups is 2. The number of likely N-dealkylation sites (tertiary alicyclic amines) is 1. The maximum Gasteiger partial charge on any atom is 0.254 e. The molecule has 1 fully saturated rings. The molecule has 18 heavy (non-hydrogen) atoms. The Balaban J connectivity index is 2.15. The van der Waals surface area contributed by atoms with Crippen molar-refractivity contribution in [3.05, 3.63) is 29.8 Å². The minimum absolute atomic E-state index is 0.0534. The van der Waals surface area contributed by atoms with Crippen LogP contribution in [-0.4, -0.2) is 34.9 Å². The average Bonchev–Trinajstić information content (AvgIpc) is 2.72. The first-order valence-electron chi connectivity index (χ1n) is 5.81. The van der Waals surface area contributed by atoms with Crippen LogP contribution in [0.1, 0.15) is 23.7 Å². The fourth-order valence-electron chi connectivity index (χ4n) is 2.16. The van der Waals surface area contributed by atoms with Crippen LogP contribution in [0.4, 0.5) is 0 Å². The third-order valence-electron chi connectivity index (χ3n) is 3.45. The molecule has 1 aliphatic heterocycles. The molecule has 1 aromatic carbocycles. The second-order valence-electron chi connectivity index (χ2n) is 4.95. The van der Waals surface area contributed by atoms with Crippen molar-refractivity contribution in [2.75, 3.05) is 13.1 Å². The third-order valence-corrected chi connectivity index (χ3v) is 3.45. The highest BCUT2D eigenvalue weighted by Crippen LogP contribution is 2.30. The van der Waals surface area contributed by atoms with Crippen LogP contribution in [0.5, 0.6) is 5.75 Å². The number of primary amides is 1. The van der Waals surface area contributed by atoms with E-state index in [9.17, 15) is 14.7 Å². The van der Waals surface area contributed by atoms with Gasteiger partial charge in [0.05, 0.1) is 5.41 Å². The van der Waals surface area contributed by atoms with Crippen LogP contribution in [-0.2, 0) is 4.79 Å². The molecule has 2 amide bonds. The highest BCUT2D eigenvalue weighted by Gasteiger charge is 2.40. The van der Waals surface area contributed by atoms with E-state index in [-0.39, 0.29) is 17.6 Å². The van der Waals surface area contributed by atoms with E-state index in [1.807, 2.05) is 0 Å². The Hall–Kier alpha value is -2.04. The van der Waals surface area contributed by atoms with E-state index in [1.54, 1.807) is 24.0 Å². The Labute approximate surface area is 105 Å². The van der Waals surface area contributed by atoms with Gasteiger partial charge in [0.25, 0.3) is 5.91 Å². The summed E-state index contributed by atoms with van der Waals surface area (Å²) in [7, 11) is 0. The van der Waals surface area contributed by atoms with Gasteiger partial charge in [0.1, 0.15) is 5.75 Å². The molecule has 0 saturated carbocycles. The Morgan fingerprint density at radius 1 is 1.44 bits per heavy atom. The lowest BCUT2D eigenvalue weighted by Crippen LogP contribution is -2.38. The van der Waals surface area contributed by atoms with Crippen molar-refractivity contribution in [3.63, 3.8) is 0 Å². The van der Waals surface area contributed by atoms with E-state index in [2.05, 4.69) is 0 Å². The molecular formula is C13H16N2O3. The molecule has 1 saturated heterocycles. The number of carbonyl (C=O) groups excluding carboxylic acids is 2. The summed E-state index contributed by atoms with van der Waals surface area (Å²) < 4.78 is 0. The fourth-order valence-corrected chi connectivity index (χ4v) is 2.16. The molecule has 0 aliphatic carbocycles. The fraction of sp³-hybridized carbons (Fsp3) is 0.385. The zero-order chi connectivity index (χ0) is 13.3. The summed E-state index contributed by atoms with van der Waals surface area (Å²) in [5.41, 5.74) is 5.11. The number of phenolic OH excluding ortho intramolecular Hbond substituents is 1. The summed E-state index contributed by atoms with van der Waals surface area (Å²) in [4.78, 5) is 25.1. The van der Waals surface area contributed by atoms with Gasteiger partial charge in [-0.3, -0.25) is 9.59 Å². The SMILES string of the molecule is CC1(C(N)=O)CCN(C(=O)c2cccc(O)c2)C1. The Kier molecular flexibility index (Phi) is 2.98. The Morgan fingerprint density at radius 2 is 2.17 bits per heavy atom. The summed E-state index contributed by atoms with van der Waals surface area (Å²) in [5.74, 6) is -0.512. The monoisotopic (exact) mass is 248 g/mol. The predicted molar refractivity (Wildman–Crippen MR) is 65.9 cm³/mol. The molecule has 1 aromatic rings. The zero-order valence-corrected chi connectivity index (χ0v) is 10.2. The van der Waals surface area contributed by atoms with Gasteiger partial charge in [0, 0.05) is 18.7 Å². The molecule has 0 spiro atoms. The minimum Gasteiger partial charge on any atom is -0.508 e. The van der Waals surface area contributed by atoms with E-state index in [4.69, 9.17) is 5.73 Å². The van der Waals surface area contributed by atoms with E-state index < -0.39 is 5.41 Å². The molecule has 5 nitrogen and oxygen atoms in total. The van der Waals surface area contributed by atoms with Gasteiger partial charge in [-0.2, -0.15) is 0 Å². The summed E-state index contributed by atoms with van der Waals surface area (Å²) in [6, 6.07) is 6.18. The van der Waals surface area contributed by atoms with Crippen molar-refractivity contribution in [2.24, 2.45) is 11.1 Å². The smallest absolute Gasteiger partial charge is 0.254 e. The lowest BCUT2D eigenvalue weighted by Gasteiger charge is -2.21. The van der Waals surface area contributed by atoms with E-state index in [0.29, 0.717) is 25.1 Å². The molecule has 0 aromatic heterocycles. The molecule has 2 rings (SSSR count). The molecular weight excluding hydrogens is 232 g/mol. The average molecular weight is 248 g/mol. The van der Waals surface area contributed by atoms with Gasteiger partial charge in [-0.1, -0.05) is 6.07 Å².